The Hall–Kier alpha value is -1.82. The van der Waals surface area contributed by atoms with E-state index in [4.69, 9.17) is 11.6 Å². The normalized spacial score (nSPS) is 20.2. The van der Waals surface area contributed by atoms with Gasteiger partial charge in [-0.3, -0.25) is 4.79 Å². The standard InChI is InChI=1S/C20H21ClN2O2S/c21-15-4-10-18(11-5-15)26-20-14(2-1-13-22-20)3-12-19(25)23-16-6-8-17(24)9-7-16/h1-5,10-13,16-17,24H,6-9H2,(H,23,25). The molecule has 136 valence electrons. The minimum atomic E-state index is -0.221. The molecule has 1 aromatic carbocycles. The van der Waals surface area contributed by atoms with Crippen LogP contribution in [0.15, 0.2) is 58.6 Å². The summed E-state index contributed by atoms with van der Waals surface area (Å²) in [6.07, 6.45) is 8.01. The average Bonchev–Trinajstić information content (AvgIpc) is 2.65. The maximum atomic E-state index is 12.2. The molecule has 0 spiro atoms. The summed E-state index contributed by atoms with van der Waals surface area (Å²) >= 11 is 7.45. The van der Waals surface area contributed by atoms with Crippen LogP contribution in [0.4, 0.5) is 0 Å². The topological polar surface area (TPSA) is 62.2 Å². The van der Waals surface area contributed by atoms with Crippen molar-refractivity contribution in [3.8, 4) is 0 Å². The molecule has 0 atom stereocenters. The molecule has 1 aliphatic carbocycles. The highest BCUT2D eigenvalue weighted by Crippen LogP contribution is 2.30. The van der Waals surface area contributed by atoms with E-state index in [0.29, 0.717) is 5.02 Å². The molecule has 1 saturated carbocycles. The van der Waals surface area contributed by atoms with Crippen molar-refractivity contribution in [2.75, 3.05) is 0 Å². The molecule has 0 unspecified atom stereocenters. The molecular weight excluding hydrogens is 368 g/mol. The van der Waals surface area contributed by atoms with Crippen molar-refractivity contribution in [2.45, 2.75) is 47.8 Å². The first-order chi connectivity index (χ1) is 12.6. The van der Waals surface area contributed by atoms with Crippen LogP contribution in [0.3, 0.4) is 0 Å². The number of hydrogen-bond acceptors (Lipinski definition) is 4. The molecular formula is C20H21ClN2O2S. The third-order valence-corrected chi connectivity index (χ3v) is 5.58. The van der Waals surface area contributed by atoms with Crippen molar-refractivity contribution in [3.63, 3.8) is 0 Å². The van der Waals surface area contributed by atoms with Gasteiger partial charge in [0.05, 0.1) is 6.10 Å². The van der Waals surface area contributed by atoms with Gasteiger partial charge in [-0.15, -0.1) is 0 Å². The minimum Gasteiger partial charge on any atom is -0.393 e. The zero-order valence-electron chi connectivity index (χ0n) is 14.3. The lowest BCUT2D eigenvalue weighted by molar-refractivity contribution is -0.117. The number of aliphatic hydroxyl groups is 1. The van der Waals surface area contributed by atoms with E-state index in [2.05, 4.69) is 10.3 Å². The SMILES string of the molecule is O=C(C=Cc1cccnc1Sc1ccc(Cl)cc1)NC1CCC(O)CC1. The number of halogens is 1. The van der Waals surface area contributed by atoms with Gasteiger partial charge in [-0.05, 0) is 62.1 Å². The Morgan fingerprint density at radius 2 is 1.92 bits per heavy atom. The molecule has 3 rings (SSSR count). The molecule has 0 saturated heterocycles. The van der Waals surface area contributed by atoms with E-state index in [1.807, 2.05) is 36.4 Å². The van der Waals surface area contributed by atoms with E-state index in [1.165, 1.54) is 11.8 Å². The Morgan fingerprint density at radius 1 is 1.19 bits per heavy atom. The molecule has 1 aromatic heterocycles. The Morgan fingerprint density at radius 3 is 2.65 bits per heavy atom. The number of pyridine rings is 1. The fraction of sp³-hybridized carbons (Fsp3) is 0.300. The van der Waals surface area contributed by atoms with Crippen LogP contribution in [-0.4, -0.2) is 28.1 Å². The van der Waals surface area contributed by atoms with Gasteiger partial charge in [-0.1, -0.05) is 29.4 Å². The highest BCUT2D eigenvalue weighted by molar-refractivity contribution is 7.99. The fourth-order valence-electron chi connectivity index (χ4n) is 2.86. The molecule has 2 aromatic rings. The number of nitrogens with one attached hydrogen (secondary N) is 1. The minimum absolute atomic E-state index is 0.113. The Labute approximate surface area is 162 Å². The van der Waals surface area contributed by atoms with Crippen LogP contribution < -0.4 is 5.32 Å². The van der Waals surface area contributed by atoms with Crippen LogP contribution in [0.2, 0.25) is 5.02 Å². The summed E-state index contributed by atoms with van der Waals surface area (Å²) in [6, 6.07) is 11.5. The van der Waals surface area contributed by atoms with E-state index in [0.717, 1.165) is 41.2 Å². The van der Waals surface area contributed by atoms with Gasteiger partial charge in [0.15, 0.2) is 0 Å². The van der Waals surface area contributed by atoms with Crippen molar-refractivity contribution in [3.05, 3.63) is 59.3 Å². The number of carbonyl (C=O) groups excluding carboxylic acids is 1. The summed E-state index contributed by atoms with van der Waals surface area (Å²) in [5.74, 6) is -0.113. The van der Waals surface area contributed by atoms with E-state index in [1.54, 1.807) is 18.3 Å². The Bertz CT molecular complexity index is 772. The molecule has 0 aliphatic heterocycles. The van der Waals surface area contributed by atoms with Crippen molar-refractivity contribution in [1.29, 1.82) is 0 Å². The molecule has 1 fully saturated rings. The molecule has 4 nitrogen and oxygen atoms in total. The molecule has 1 heterocycles. The van der Waals surface area contributed by atoms with Gasteiger partial charge in [0.25, 0.3) is 0 Å². The maximum absolute atomic E-state index is 12.2. The third kappa shape index (κ3) is 5.59. The zero-order valence-corrected chi connectivity index (χ0v) is 15.8. The number of amides is 1. The number of benzene rings is 1. The number of aromatic nitrogens is 1. The van der Waals surface area contributed by atoms with Gasteiger partial charge in [-0.2, -0.15) is 0 Å². The van der Waals surface area contributed by atoms with Crippen LogP contribution in [0.5, 0.6) is 0 Å². The number of rotatable bonds is 5. The number of hydrogen-bond donors (Lipinski definition) is 2. The summed E-state index contributed by atoms with van der Waals surface area (Å²) in [5.41, 5.74) is 0.890. The maximum Gasteiger partial charge on any atom is 0.244 e. The smallest absolute Gasteiger partial charge is 0.244 e. The highest BCUT2D eigenvalue weighted by Gasteiger charge is 2.19. The van der Waals surface area contributed by atoms with Crippen LogP contribution in [0.1, 0.15) is 31.2 Å². The summed E-state index contributed by atoms with van der Waals surface area (Å²) in [7, 11) is 0. The predicted octanol–water partition coefficient (Wildman–Crippen LogP) is 4.32. The van der Waals surface area contributed by atoms with Gasteiger partial charge in [0, 0.05) is 33.8 Å². The first-order valence-electron chi connectivity index (χ1n) is 8.65. The zero-order chi connectivity index (χ0) is 18.4. The van der Waals surface area contributed by atoms with Crippen molar-refractivity contribution < 1.29 is 9.90 Å². The molecule has 1 aliphatic rings. The van der Waals surface area contributed by atoms with Crippen molar-refractivity contribution in [1.82, 2.24) is 10.3 Å². The van der Waals surface area contributed by atoms with E-state index < -0.39 is 0 Å². The molecule has 1 amide bonds. The highest BCUT2D eigenvalue weighted by atomic mass is 35.5. The number of aliphatic hydroxyl groups excluding tert-OH is 1. The van der Waals surface area contributed by atoms with Crippen LogP contribution in [0, 0.1) is 0 Å². The van der Waals surface area contributed by atoms with Crippen LogP contribution in [-0.2, 0) is 4.79 Å². The van der Waals surface area contributed by atoms with Crippen LogP contribution in [0.25, 0.3) is 6.08 Å². The van der Waals surface area contributed by atoms with Gasteiger partial charge in [-0.25, -0.2) is 4.98 Å². The molecule has 0 radical (unpaired) electrons. The molecule has 2 N–H and O–H groups in total. The van der Waals surface area contributed by atoms with Gasteiger partial charge >= 0.3 is 0 Å². The molecule has 6 heteroatoms. The summed E-state index contributed by atoms with van der Waals surface area (Å²) in [6.45, 7) is 0. The Balaban J connectivity index is 1.62. The first-order valence-corrected chi connectivity index (χ1v) is 9.84. The van der Waals surface area contributed by atoms with Gasteiger partial charge < -0.3 is 10.4 Å². The third-order valence-electron chi connectivity index (χ3n) is 4.29. The first kappa shape index (κ1) is 19.0. The lowest BCUT2D eigenvalue weighted by Gasteiger charge is -2.25. The second-order valence-electron chi connectivity index (χ2n) is 6.30. The largest absolute Gasteiger partial charge is 0.393 e. The molecule has 0 bridgehead atoms. The predicted molar refractivity (Wildman–Crippen MR) is 105 cm³/mol. The molecule has 26 heavy (non-hydrogen) atoms. The van der Waals surface area contributed by atoms with E-state index >= 15 is 0 Å². The van der Waals surface area contributed by atoms with Crippen LogP contribution >= 0.6 is 23.4 Å². The van der Waals surface area contributed by atoms with Crippen molar-refractivity contribution in [2.24, 2.45) is 0 Å². The van der Waals surface area contributed by atoms with Crippen molar-refractivity contribution >= 4 is 35.3 Å². The summed E-state index contributed by atoms with van der Waals surface area (Å²) in [4.78, 5) is 17.6. The number of carbonyl (C=O) groups is 1. The lowest BCUT2D eigenvalue weighted by atomic mass is 9.93. The quantitative estimate of drug-likeness (QED) is 0.749. The summed E-state index contributed by atoms with van der Waals surface area (Å²) in [5, 5.41) is 14.1. The van der Waals surface area contributed by atoms with E-state index in [-0.39, 0.29) is 18.1 Å². The lowest BCUT2D eigenvalue weighted by Crippen LogP contribution is -2.37. The fourth-order valence-corrected chi connectivity index (χ4v) is 3.85. The van der Waals surface area contributed by atoms with Gasteiger partial charge in [0.1, 0.15) is 5.03 Å². The summed E-state index contributed by atoms with van der Waals surface area (Å²) < 4.78 is 0. The second-order valence-corrected chi connectivity index (χ2v) is 7.80. The average molecular weight is 389 g/mol. The number of nitrogens with zero attached hydrogens (tertiary/aromatic N) is 1. The van der Waals surface area contributed by atoms with Gasteiger partial charge in [0.2, 0.25) is 5.91 Å². The Kier molecular flexibility index (Phi) is 6.72. The van der Waals surface area contributed by atoms with E-state index in [9.17, 15) is 9.90 Å². The monoisotopic (exact) mass is 388 g/mol. The second kappa shape index (κ2) is 9.21.